The van der Waals surface area contributed by atoms with Crippen LogP contribution in [-0.2, 0) is 10.2 Å². The summed E-state index contributed by atoms with van der Waals surface area (Å²) >= 11 is 0. The monoisotopic (exact) mass is 501 g/mol. The molecule has 3 aliphatic heterocycles. The highest BCUT2D eigenvalue weighted by Gasteiger charge is 2.48. The Bertz CT molecular complexity index is 1120. The van der Waals surface area contributed by atoms with E-state index in [9.17, 15) is 9.59 Å². The maximum absolute atomic E-state index is 13.2. The van der Waals surface area contributed by atoms with Crippen LogP contribution in [0.1, 0.15) is 59.4 Å². The molecule has 0 unspecified atom stereocenters. The molecule has 4 aliphatic rings. The lowest BCUT2D eigenvalue weighted by Gasteiger charge is -2.52. The highest BCUT2D eigenvalue weighted by Crippen LogP contribution is 2.41. The van der Waals surface area contributed by atoms with E-state index in [4.69, 9.17) is 0 Å². The molecule has 0 spiro atoms. The van der Waals surface area contributed by atoms with Gasteiger partial charge >= 0.3 is 0 Å². The van der Waals surface area contributed by atoms with Crippen molar-refractivity contribution in [3.8, 4) is 0 Å². The Morgan fingerprint density at radius 2 is 1.51 bits per heavy atom. The lowest BCUT2D eigenvalue weighted by atomic mass is 9.70. The van der Waals surface area contributed by atoms with E-state index in [0.29, 0.717) is 23.3 Å². The van der Waals surface area contributed by atoms with Gasteiger partial charge in [0.15, 0.2) is 0 Å². The first kappa shape index (κ1) is 24.5. The molecule has 1 aromatic heterocycles. The molecule has 3 saturated heterocycles. The second-order valence-electron chi connectivity index (χ2n) is 12.0. The summed E-state index contributed by atoms with van der Waals surface area (Å²) in [6.45, 7) is 10.3. The van der Waals surface area contributed by atoms with Crippen LogP contribution < -0.4 is 0 Å². The van der Waals surface area contributed by atoms with Crippen molar-refractivity contribution in [3.63, 3.8) is 0 Å². The first-order valence-electron chi connectivity index (χ1n) is 14.1. The first-order valence-corrected chi connectivity index (χ1v) is 14.1. The number of carbonyl (C=O) groups is 2. The summed E-state index contributed by atoms with van der Waals surface area (Å²) in [5.74, 6) is 1.79. The summed E-state index contributed by atoms with van der Waals surface area (Å²) in [4.78, 5) is 41.5. The largest absolute Gasteiger partial charge is 0.341 e. The average Bonchev–Trinajstić information content (AvgIpc) is 3.61. The van der Waals surface area contributed by atoms with Gasteiger partial charge in [0, 0.05) is 50.6 Å². The molecule has 4 heterocycles. The average molecular weight is 502 g/mol. The molecule has 196 valence electrons. The third-order valence-corrected chi connectivity index (χ3v) is 9.59. The van der Waals surface area contributed by atoms with Crippen LogP contribution in [0, 0.1) is 31.6 Å². The van der Waals surface area contributed by atoms with Gasteiger partial charge in [-0.3, -0.25) is 9.59 Å². The Labute approximate surface area is 220 Å². The number of fused-ring (bicyclic) bond motifs is 1. The van der Waals surface area contributed by atoms with Gasteiger partial charge in [-0.25, -0.2) is 9.97 Å². The molecule has 1 aromatic carbocycles. The van der Waals surface area contributed by atoms with Crippen LogP contribution in [0.3, 0.4) is 0 Å². The minimum absolute atomic E-state index is 0.0671. The van der Waals surface area contributed by atoms with Crippen molar-refractivity contribution in [2.75, 3.05) is 45.8 Å². The van der Waals surface area contributed by atoms with Gasteiger partial charge < -0.3 is 14.7 Å². The summed E-state index contributed by atoms with van der Waals surface area (Å²) in [7, 11) is 0. The van der Waals surface area contributed by atoms with E-state index in [0.717, 1.165) is 76.5 Å². The second-order valence-corrected chi connectivity index (χ2v) is 12.0. The number of benzene rings is 1. The Morgan fingerprint density at radius 1 is 0.892 bits per heavy atom. The summed E-state index contributed by atoms with van der Waals surface area (Å²) in [6.07, 6.45) is 7.15. The lowest BCUT2D eigenvalue weighted by Crippen LogP contribution is -2.62. The van der Waals surface area contributed by atoms with Gasteiger partial charge in [0.2, 0.25) is 5.91 Å². The number of likely N-dealkylation sites (tertiary alicyclic amines) is 3. The van der Waals surface area contributed by atoms with Crippen molar-refractivity contribution >= 4 is 11.8 Å². The zero-order valence-corrected chi connectivity index (χ0v) is 22.2. The summed E-state index contributed by atoms with van der Waals surface area (Å²) in [6, 6.07) is 10.8. The fourth-order valence-corrected chi connectivity index (χ4v) is 7.42. The van der Waals surface area contributed by atoms with Gasteiger partial charge in [-0.1, -0.05) is 43.2 Å². The predicted molar refractivity (Wildman–Crippen MR) is 142 cm³/mol. The summed E-state index contributed by atoms with van der Waals surface area (Å²) in [5, 5.41) is 0. The molecule has 2 atom stereocenters. The number of aryl methyl sites for hydroxylation is 2. The van der Waals surface area contributed by atoms with E-state index in [2.05, 4.69) is 50.1 Å². The maximum Gasteiger partial charge on any atom is 0.257 e. The van der Waals surface area contributed by atoms with Crippen molar-refractivity contribution in [2.24, 2.45) is 17.8 Å². The molecule has 0 radical (unpaired) electrons. The number of hydrogen-bond acceptors (Lipinski definition) is 5. The molecule has 1 saturated carbocycles. The molecule has 37 heavy (non-hydrogen) atoms. The number of amides is 2. The molecule has 0 bridgehead atoms. The van der Waals surface area contributed by atoms with Gasteiger partial charge in [0.1, 0.15) is 6.33 Å². The van der Waals surface area contributed by atoms with Crippen molar-refractivity contribution in [1.29, 1.82) is 0 Å². The number of carbonyl (C=O) groups excluding carboxylic acids is 2. The minimum atomic E-state index is 0.0671. The van der Waals surface area contributed by atoms with Crippen molar-refractivity contribution in [1.82, 2.24) is 24.7 Å². The van der Waals surface area contributed by atoms with E-state index >= 15 is 0 Å². The minimum Gasteiger partial charge on any atom is -0.341 e. The third kappa shape index (κ3) is 4.56. The Kier molecular flexibility index (Phi) is 6.51. The highest BCUT2D eigenvalue weighted by molar-refractivity contribution is 5.96. The molecule has 6 rings (SSSR count). The van der Waals surface area contributed by atoms with Crippen molar-refractivity contribution < 1.29 is 9.59 Å². The molecule has 2 aromatic rings. The van der Waals surface area contributed by atoms with E-state index in [1.165, 1.54) is 24.7 Å². The molecular formula is C30H39N5O2. The van der Waals surface area contributed by atoms with E-state index in [1.54, 1.807) is 0 Å². The first-order chi connectivity index (χ1) is 17.9. The standard InChI is InChI=1S/C30H39N5O2/c1-21-27(22(2)32-20-31-21)29(37)34-16-24-14-33(15-25(24)17-34)13-12-30(26-10-4-3-5-11-26)18-35(19-30)28(36)23-8-6-7-9-23/h3-5,10-11,20,23-25H,6-9,12-19H2,1-2H3/t24-,25+. The Balaban J connectivity index is 1.06. The van der Waals surface area contributed by atoms with Crippen LogP contribution in [0.15, 0.2) is 36.7 Å². The maximum atomic E-state index is 13.2. The van der Waals surface area contributed by atoms with Gasteiger partial charge in [-0.15, -0.1) is 0 Å². The van der Waals surface area contributed by atoms with Gasteiger partial charge in [-0.05, 0) is 57.1 Å². The highest BCUT2D eigenvalue weighted by atomic mass is 16.2. The molecule has 0 N–H and O–H groups in total. The fourth-order valence-electron chi connectivity index (χ4n) is 7.42. The quantitative estimate of drug-likeness (QED) is 0.606. The van der Waals surface area contributed by atoms with Crippen LogP contribution in [0.5, 0.6) is 0 Å². The number of aromatic nitrogens is 2. The number of rotatable bonds is 6. The fraction of sp³-hybridized carbons (Fsp3) is 0.600. The summed E-state index contributed by atoms with van der Waals surface area (Å²) in [5.41, 5.74) is 3.65. The zero-order chi connectivity index (χ0) is 25.6. The van der Waals surface area contributed by atoms with Gasteiger partial charge in [0.05, 0.1) is 17.0 Å². The SMILES string of the molecule is Cc1ncnc(C)c1C(=O)N1C[C@H]2CN(CCC3(c4ccccc4)CN(C(=O)C4CCCC4)C3)C[C@H]2C1. The van der Waals surface area contributed by atoms with E-state index in [-0.39, 0.29) is 17.2 Å². The Hall–Kier alpha value is -2.80. The van der Waals surface area contributed by atoms with E-state index < -0.39 is 0 Å². The molecule has 4 fully saturated rings. The van der Waals surface area contributed by atoms with Gasteiger partial charge in [0.25, 0.3) is 5.91 Å². The predicted octanol–water partition coefficient (Wildman–Crippen LogP) is 3.46. The molecular weight excluding hydrogens is 462 g/mol. The normalized spacial score (nSPS) is 25.4. The molecule has 2 amide bonds. The van der Waals surface area contributed by atoms with Crippen LogP contribution in [0.25, 0.3) is 0 Å². The van der Waals surface area contributed by atoms with Crippen molar-refractivity contribution in [2.45, 2.75) is 51.4 Å². The van der Waals surface area contributed by atoms with Crippen LogP contribution >= 0.6 is 0 Å². The zero-order valence-electron chi connectivity index (χ0n) is 22.2. The summed E-state index contributed by atoms with van der Waals surface area (Å²) < 4.78 is 0. The van der Waals surface area contributed by atoms with Crippen molar-refractivity contribution in [3.05, 3.63) is 59.2 Å². The second kappa shape index (κ2) is 9.82. The smallest absolute Gasteiger partial charge is 0.257 e. The van der Waals surface area contributed by atoms with Crippen LogP contribution in [0.4, 0.5) is 0 Å². The molecule has 1 aliphatic carbocycles. The lowest BCUT2D eigenvalue weighted by molar-refractivity contribution is -0.143. The number of nitrogens with zero attached hydrogens (tertiary/aromatic N) is 5. The van der Waals surface area contributed by atoms with Crippen LogP contribution in [0.2, 0.25) is 0 Å². The third-order valence-electron chi connectivity index (χ3n) is 9.59. The number of hydrogen-bond donors (Lipinski definition) is 0. The van der Waals surface area contributed by atoms with Gasteiger partial charge in [-0.2, -0.15) is 0 Å². The Morgan fingerprint density at radius 3 is 2.14 bits per heavy atom. The van der Waals surface area contributed by atoms with E-state index in [1.807, 2.05) is 18.7 Å². The van der Waals surface area contributed by atoms with Crippen LogP contribution in [-0.4, -0.2) is 82.3 Å². The molecule has 7 heteroatoms. The topological polar surface area (TPSA) is 69.6 Å². The molecule has 7 nitrogen and oxygen atoms in total.